The molecule has 0 radical (unpaired) electrons. The number of likely N-dealkylation sites (tertiary alicyclic amines) is 1. The number of primary amides is 1. The summed E-state index contributed by atoms with van der Waals surface area (Å²) in [5.41, 5.74) is 5.19. The molecule has 3 rings (SSSR count). The highest BCUT2D eigenvalue weighted by molar-refractivity contribution is 5.95. The van der Waals surface area contributed by atoms with Gasteiger partial charge in [0.15, 0.2) is 6.10 Å². The molecule has 10 heteroatoms. The second-order valence-electron chi connectivity index (χ2n) is 12.5. The van der Waals surface area contributed by atoms with Crippen LogP contribution in [-0.2, 0) is 14.4 Å². The lowest BCUT2D eigenvalue weighted by Gasteiger charge is -2.36. The molecule has 6 N–H and O–H groups in total. The Bertz CT molecular complexity index is 922. The van der Waals surface area contributed by atoms with E-state index in [1.807, 2.05) is 20.8 Å². The highest BCUT2D eigenvalue weighted by Crippen LogP contribution is 2.65. The third-order valence-corrected chi connectivity index (χ3v) is 8.08. The van der Waals surface area contributed by atoms with Crippen molar-refractivity contribution in [2.24, 2.45) is 28.9 Å². The largest absolute Gasteiger partial charge is 0.381 e. The molecule has 6 atom stereocenters. The van der Waals surface area contributed by atoms with E-state index in [2.05, 4.69) is 36.4 Å². The average molecular weight is 506 g/mol. The van der Waals surface area contributed by atoms with E-state index in [0.717, 1.165) is 19.3 Å². The second kappa shape index (κ2) is 10.0. The Morgan fingerprint density at radius 2 is 1.78 bits per heavy atom. The first-order valence-corrected chi connectivity index (χ1v) is 12.9. The zero-order valence-electron chi connectivity index (χ0n) is 22.4. The van der Waals surface area contributed by atoms with Crippen LogP contribution >= 0.6 is 0 Å². The number of piperidine rings is 1. The number of hydrogen-bond donors (Lipinski definition) is 5. The first kappa shape index (κ1) is 28.0. The summed E-state index contributed by atoms with van der Waals surface area (Å²) in [5, 5.41) is 18.8. The molecule has 1 aliphatic heterocycles. The Kier molecular flexibility index (Phi) is 7.79. The van der Waals surface area contributed by atoms with Crippen LogP contribution in [0.15, 0.2) is 12.2 Å². The molecule has 2 unspecified atom stereocenters. The van der Waals surface area contributed by atoms with Gasteiger partial charge in [-0.2, -0.15) is 0 Å². The third-order valence-electron chi connectivity index (χ3n) is 8.08. The Labute approximate surface area is 213 Å². The first-order chi connectivity index (χ1) is 16.5. The van der Waals surface area contributed by atoms with Gasteiger partial charge in [0.05, 0.1) is 6.04 Å². The van der Waals surface area contributed by atoms with Crippen LogP contribution in [0.25, 0.3) is 0 Å². The Hall–Kier alpha value is -2.62. The lowest BCUT2D eigenvalue weighted by atomic mass is 9.79. The van der Waals surface area contributed by atoms with Gasteiger partial charge >= 0.3 is 6.03 Å². The maximum Gasteiger partial charge on any atom is 0.316 e. The number of hydrogen-bond acceptors (Lipinski definition) is 5. The molecular formula is C26H43N5O5. The van der Waals surface area contributed by atoms with Gasteiger partial charge in [-0.3, -0.25) is 14.4 Å². The van der Waals surface area contributed by atoms with Crippen LogP contribution in [0, 0.1) is 23.2 Å². The fourth-order valence-corrected chi connectivity index (χ4v) is 5.70. The van der Waals surface area contributed by atoms with Crippen molar-refractivity contribution in [2.75, 3.05) is 6.54 Å². The van der Waals surface area contributed by atoms with Crippen molar-refractivity contribution in [3.8, 4) is 0 Å². The summed E-state index contributed by atoms with van der Waals surface area (Å²) in [5.74, 6) is -1.32. The van der Waals surface area contributed by atoms with Crippen molar-refractivity contribution in [1.82, 2.24) is 20.9 Å². The number of nitrogens with two attached hydrogens (primary N) is 1. The van der Waals surface area contributed by atoms with Gasteiger partial charge in [0.1, 0.15) is 12.1 Å². The van der Waals surface area contributed by atoms with E-state index in [1.165, 1.54) is 4.90 Å². The summed E-state index contributed by atoms with van der Waals surface area (Å²) < 4.78 is 0. The minimum absolute atomic E-state index is 0.0642. The normalized spacial score (nSPS) is 27.1. The molecule has 2 saturated carbocycles. The predicted octanol–water partition coefficient (Wildman–Crippen LogP) is 1.03. The van der Waals surface area contributed by atoms with Crippen molar-refractivity contribution in [2.45, 2.75) is 97.0 Å². The van der Waals surface area contributed by atoms with Crippen LogP contribution in [0.1, 0.15) is 67.2 Å². The Morgan fingerprint density at radius 1 is 1.17 bits per heavy atom. The van der Waals surface area contributed by atoms with E-state index in [9.17, 15) is 24.3 Å². The summed E-state index contributed by atoms with van der Waals surface area (Å²) in [6, 6.07) is -3.09. The van der Waals surface area contributed by atoms with Gasteiger partial charge < -0.3 is 31.7 Å². The topological polar surface area (TPSA) is 154 Å². The molecule has 1 heterocycles. The monoisotopic (exact) mass is 505 g/mol. The summed E-state index contributed by atoms with van der Waals surface area (Å²) in [4.78, 5) is 53.1. The number of nitrogens with zero attached hydrogens (tertiary/aromatic N) is 1. The quantitative estimate of drug-likeness (QED) is 0.296. The van der Waals surface area contributed by atoms with E-state index in [4.69, 9.17) is 5.73 Å². The smallest absolute Gasteiger partial charge is 0.316 e. The van der Waals surface area contributed by atoms with E-state index < -0.39 is 53.5 Å². The molecule has 0 aromatic rings. The number of nitrogens with one attached hydrogen (secondary N) is 3. The number of carbonyl (C=O) groups excluding carboxylic acids is 4. The van der Waals surface area contributed by atoms with Crippen LogP contribution in [-0.4, -0.2) is 70.1 Å². The number of carbonyl (C=O) groups is 4. The number of aliphatic hydroxyl groups excluding tert-OH is 1. The van der Waals surface area contributed by atoms with Crippen LogP contribution in [0.4, 0.5) is 4.79 Å². The first-order valence-electron chi connectivity index (χ1n) is 12.9. The van der Waals surface area contributed by atoms with Crippen molar-refractivity contribution in [1.29, 1.82) is 0 Å². The molecule has 2 aliphatic carbocycles. The molecular weight excluding hydrogens is 462 g/mol. The Balaban J connectivity index is 1.79. The van der Waals surface area contributed by atoms with Gasteiger partial charge in [-0.1, -0.05) is 39.7 Å². The van der Waals surface area contributed by atoms with Gasteiger partial charge in [-0.05, 0) is 62.9 Å². The summed E-state index contributed by atoms with van der Waals surface area (Å²) in [7, 11) is 0. The van der Waals surface area contributed by atoms with Crippen molar-refractivity contribution < 1.29 is 24.3 Å². The fraction of sp³-hybridized carbons (Fsp3) is 0.769. The summed E-state index contributed by atoms with van der Waals surface area (Å²) >= 11 is 0. The molecule has 3 aliphatic rings. The maximum absolute atomic E-state index is 13.7. The van der Waals surface area contributed by atoms with E-state index in [0.29, 0.717) is 24.5 Å². The van der Waals surface area contributed by atoms with Gasteiger partial charge in [-0.25, -0.2) is 4.79 Å². The number of fused-ring (bicyclic) bond motifs is 1. The van der Waals surface area contributed by atoms with Crippen LogP contribution in [0.3, 0.4) is 0 Å². The molecule has 0 aromatic carbocycles. The highest BCUT2D eigenvalue weighted by atomic mass is 16.3. The van der Waals surface area contributed by atoms with Gasteiger partial charge in [0.25, 0.3) is 0 Å². The number of aliphatic hydroxyl groups is 1. The molecule has 3 fully saturated rings. The molecule has 36 heavy (non-hydrogen) atoms. The molecule has 10 nitrogen and oxygen atoms in total. The molecule has 0 aromatic heterocycles. The molecule has 0 bridgehead atoms. The number of rotatable bonds is 9. The van der Waals surface area contributed by atoms with Crippen molar-refractivity contribution in [3.05, 3.63) is 12.2 Å². The number of amides is 5. The minimum Gasteiger partial charge on any atom is -0.381 e. The van der Waals surface area contributed by atoms with E-state index >= 15 is 0 Å². The Morgan fingerprint density at radius 3 is 2.25 bits per heavy atom. The van der Waals surface area contributed by atoms with Crippen LogP contribution in [0.2, 0.25) is 0 Å². The molecule has 1 saturated heterocycles. The zero-order chi connectivity index (χ0) is 27.2. The minimum atomic E-state index is -1.51. The highest BCUT2D eigenvalue weighted by Gasteiger charge is 2.69. The SMILES string of the molecule is C=C(C)[C@H](NC(=O)NC(C)(C)C)C(=O)N1C[C@H]2[C@@H]([C@H]1C(=O)NC(CC1CCC1)C(O)C(N)=O)C2(C)C. The summed E-state index contributed by atoms with van der Waals surface area (Å²) in [6.45, 7) is 15.6. The lowest BCUT2D eigenvalue weighted by Crippen LogP contribution is -2.60. The molecule has 0 spiro atoms. The molecule has 5 amide bonds. The van der Waals surface area contributed by atoms with Crippen molar-refractivity contribution >= 4 is 23.8 Å². The van der Waals surface area contributed by atoms with E-state index in [-0.39, 0.29) is 17.3 Å². The summed E-state index contributed by atoms with van der Waals surface area (Å²) in [6.07, 6.45) is 1.99. The van der Waals surface area contributed by atoms with Gasteiger partial charge in [-0.15, -0.1) is 0 Å². The standard InChI is InChI=1S/C26H43N5O5/c1-13(2)18(29-24(36)30-25(3,4)5)23(35)31-12-15-17(26(15,6)7)19(31)22(34)28-16(20(32)21(27)33)11-14-9-8-10-14/h14-20,32H,1,8-12H2,2-7H3,(H2,27,33)(H,28,34)(H2,29,30,36)/t15-,16?,17-,18-,19-,20?/m0/s1. The van der Waals surface area contributed by atoms with Crippen LogP contribution in [0.5, 0.6) is 0 Å². The number of urea groups is 1. The van der Waals surface area contributed by atoms with Gasteiger partial charge in [0.2, 0.25) is 17.7 Å². The second-order valence-corrected chi connectivity index (χ2v) is 12.5. The van der Waals surface area contributed by atoms with Crippen LogP contribution < -0.4 is 21.7 Å². The lowest BCUT2D eigenvalue weighted by molar-refractivity contribution is -0.142. The maximum atomic E-state index is 13.7. The zero-order valence-corrected chi connectivity index (χ0v) is 22.4. The fourth-order valence-electron chi connectivity index (χ4n) is 5.70. The van der Waals surface area contributed by atoms with Gasteiger partial charge in [0, 0.05) is 12.1 Å². The third kappa shape index (κ3) is 5.85. The predicted molar refractivity (Wildman–Crippen MR) is 135 cm³/mol. The van der Waals surface area contributed by atoms with Crippen molar-refractivity contribution in [3.63, 3.8) is 0 Å². The average Bonchev–Trinajstić information content (AvgIpc) is 3.06. The molecule has 202 valence electrons. The van der Waals surface area contributed by atoms with E-state index in [1.54, 1.807) is 6.92 Å².